The van der Waals surface area contributed by atoms with Gasteiger partial charge >= 0.3 is 0 Å². The first-order chi connectivity index (χ1) is 16.4. The lowest BCUT2D eigenvalue weighted by atomic mass is 10.6. The Morgan fingerprint density at radius 2 is 0.618 bits per heavy atom. The SMILES string of the molecule is CN(C)CCOCCOCCOCCOCCOCCOCCOCCOCCO[Si](C)(C)C. The molecule has 0 aromatic rings. The van der Waals surface area contributed by atoms with Crippen LogP contribution in [0.15, 0.2) is 0 Å². The highest BCUT2D eigenvalue weighted by atomic mass is 28.4. The fourth-order valence-corrected chi connectivity index (χ4v) is 2.99. The van der Waals surface area contributed by atoms with Crippen LogP contribution in [0.5, 0.6) is 0 Å². The van der Waals surface area contributed by atoms with Gasteiger partial charge in [-0.3, -0.25) is 0 Å². The smallest absolute Gasteiger partial charge is 0.183 e. The number of ether oxygens (including phenoxy) is 8. The van der Waals surface area contributed by atoms with Crippen molar-refractivity contribution in [2.75, 3.05) is 133 Å². The van der Waals surface area contributed by atoms with E-state index in [2.05, 4.69) is 24.5 Å². The Kier molecular flexibility index (Phi) is 25.8. The molecule has 0 rings (SSSR count). The average molecular weight is 514 g/mol. The molecule has 0 radical (unpaired) electrons. The summed E-state index contributed by atoms with van der Waals surface area (Å²) in [4.78, 5) is 2.09. The second kappa shape index (κ2) is 25.9. The summed E-state index contributed by atoms with van der Waals surface area (Å²) in [6.07, 6.45) is 0. The summed E-state index contributed by atoms with van der Waals surface area (Å²) < 4.78 is 49.3. The topological polar surface area (TPSA) is 86.3 Å². The highest BCUT2D eigenvalue weighted by Crippen LogP contribution is 2.01. The van der Waals surface area contributed by atoms with Gasteiger partial charge in [0.05, 0.1) is 112 Å². The Morgan fingerprint density at radius 1 is 0.382 bits per heavy atom. The molecule has 0 saturated carbocycles. The van der Waals surface area contributed by atoms with Crippen molar-refractivity contribution in [2.24, 2.45) is 0 Å². The molecule has 0 fully saturated rings. The summed E-state index contributed by atoms with van der Waals surface area (Å²) in [5, 5.41) is 0. The Morgan fingerprint density at radius 3 is 0.853 bits per heavy atom. The standard InChI is InChI=1S/C23H51NO9Si/c1-24(2)6-7-25-8-9-26-10-11-27-12-13-28-14-15-29-16-17-30-18-19-31-20-21-32-22-23-33-34(3,4)5/h6-23H2,1-5H3. The van der Waals surface area contributed by atoms with E-state index in [4.69, 9.17) is 42.3 Å². The minimum absolute atomic E-state index is 0.537. The van der Waals surface area contributed by atoms with Gasteiger partial charge in [-0.25, -0.2) is 0 Å². The first-order valence-electron chi connectivity index (χ1n) is 12.3. The van der Waals surface area contributed by atoms with Crippen molar-refractivity contribution in [1.29, 1.82) is 0 Å². The summed E-state index contributed by atoms with van der Waals surface area (Å²) >= 11 is 0. The van der Waals surface area contributed by atoms with Crippen molar-refractivity contribution >= 4 is 8.32 Å². The summed E-state index contributed by atoms with van der Waals surface area (Å²) in [6, 6.07) is 0. The third kappa shape index (κ3) is 31.8. The third-order valence-corrected chi connectivity index (χ3v) is 5.12. The molecule has 0 aromatic carbocycles. The van der Waals surface area contributed by atoms with Crippen LogP contribution in [0.3, 0.4) is 0 Å². The molecular weight excluding hydrogens is 462 g/mol. The molecule has 0 heterocycles. The molecule has 34 heavy (non-hydrogen) atoms. The van der Waals surface area contributed by atoms with Gasteiger partial charge in [-0.15, -0.1) is 0 Å². The number of nitrogens with zero attached hydrogens (tertiary/aromatic N) is 1. The van der Waals surface area contributed by atoms with Crippen LogP contribution in [0.25, 0.3) is 0 Å². The Hall–Kier alpha value is -0.183. The lowest BCUT2D eigenvalue weighted by molar-refractivity contribution is -0.0238. The minimum atomic E-state index is -1.44. The van der Waals surface area contributed by atoms with Gasteiger partial charge in [-0.1, -0.05) is 0 Å². The molecule has 0 atom stereocenters. The van der Waals surface area contributed by atoms with Crippen molar-refractivity contribution in [2.45, 2.75) is 19.6 Å². The molecule has 0 unspecified atom stereocenters. The van der Waals surface area contributed by atoms with Crippen LogP contribution in [0.2, 0.25) is 19.6 Å². The van der Waals surface area contributed by atoms with Crippen LogP contribution < -0.4 is 0 Å². The van der Waals surface area contributed by atoms with Gasteiger partial charge in [0.2, 0.25) is 0 Å². The fourth-order valence-electron chi connectivity index (χ4n) is 2.30. The molecule has 0 amide bonds. The molecule has 11 heteroatoms. The molecular formula is C23H51NO9Si. The largest absolute Gasteiger partial charge is 0.415 e. The highest BCUT2D eigenvalue weighted by Gasteiger charge is 2.12. The third-order valence-electron chi connectivity index (χ3n) is 4.05. The van der Waals surface area contributed by atoms with Gasteiger partial charge in [0.15, 0.2) is 8.32 Å². The highest BCUT2D eigenvalue weighted by molar-refractivity contribution is 6.69. The molecule has 0 aliphatic carbocycles. The maximum atomic E-state index is 5.71. The second-order valence-corrected chi connectivity index (χ2v) is 13.2. The van der Waals surface area contributed by atoms with E-state index < -0.39 is 8.32 Å². The summed E-state index contributed by atoms with van der Waals surface area (Å²) in [5.74, 6) is 0. The maximum absolute atomic E-state index is 5.71. The molecule has 206 valence electrons. The normalized spacial score (nSPS) is 12.2. The lowest BCUT2D eigenvalue weighted by Gasteiger charge is -2.16. The molecule has 10 nitrogen and oxygen atoms in total. The maximum Gasteiger partial charge on any atom is 0.183 e. The van der Waals surface area contributed by atoms with Crippen LogP contribution >= 0.6 is 0 Å². The molecule has 0 saturated heterocycles. The fraction of sp³-hybridized carbons (Fsp3) is 1.00. The van der Waals surface area contributed by atoms with E-state index in [0.29, 0.717) is 106 Å². The van der Waals surface area contributed by atoms with E-state index in [-0.39, 0.29) is 0 Å². The van der Waals surface area contributed by atoms with Crippen molar-refractivity contribution < 1.29 is 42.3 Å². The van der Waals surface area contributed by atoms with Crippen molar-refractivity contribution in [3.05, 3.63) is 0 Å². The van der Waals surface area contributed by atoms with Crippen LogP contribution in [-0.2, 0) is 42.3 Å². The van der Waals surface area contributed by atoms with Gasteiger partial charge < -0.3 is 47.2 Å². The van der Waals surface area contributed by atoms with Crippen LogP contribution in [0.4, 0.5) is 0 Å². The van der Waals surface area contributed by atoms with E-state index >= 15 is 0 Å². The van der Waals surface area contributed by atoms with Gasteiger partial charge in [-0.05, 0) is 33.7 Å². The van der Waals surface area contributed by atoms with Crippen LogP contribution in [-0.4, -0.2) is 146 Å². The van der Waals surface area contributed by atoms with Crippen LogP contribution in [0, 0.1) is 0 Å². The monoisotopic (exact) mass is 513 g/mol. The number of hydrogen-bond acceptors (Lipinski definition) is 10. The zero-order chi connectivity index (χ0) is 25.2. The zero-order valence-electron chi connectivity index (χ0n) is 22.3. The minimum Gasteiger partial charge on any atom is -0.415 e. The molecule has 0 spiro atoms. The summed E-state index contributed by atoms with van der Waals surface area (Å²) in [5.41, 5.74) is 0. The van der Waals surface area contributed by atoms with E-state index in [1.807, 2.05) is 14.1 Å². The Bertz CT molecular complexity index is 401. The molecule has 0 aromatic heterocycles. The average Bonchev–Trinajstić information content (AvgIpc) is 2.77. The van der Waals surface area contributed by atoms with Gasteiger partial charge in [0.1, 0.15) is 0 Å². The number of likely N-dealkylation sites (N-methyl/N-ethyl adjacent to an activating group) is 1. The first kappa shape index (κ1) is 33.8. The van der Waals surface area contributed by atoms with E-state index in [1.165, 1.54) is 0 Å². The second-order valence-electron chi connectivity index (χ2n) is 8.66. The van der Waals surface area contributed by atoms with E-state index in [9.17, 15) is 0 Å². The predicted molar refractivity (Wildman–Crippen MR) is 134 cm³/mol. The Labute approximate surface area is 208 Å². The van der Waals surface area contributed by atoms with Gasteiger partial charge in [0.25, 0.3) is 0 Å². The first-order valence-corrected chi connectivity index (χ1v) is 15.7. The summed E-state index contributed by atoms with van der Waals surface area (Å²) in [7, 11) is 2.61. The summed E-state index contributed by atoms with van der Waals surface area (Å²) in [6.45, 7) is 17.2. The Balaban J connectivity index is 3.04. The molecule has 0 N–H and O–H groups in total. The van der Waals surface area contributed by atoms with Crippen molar-refractivity contribution in [3.8, 4) is 0 Å². The van der Waals surface area contributed by atoms with Crippen molar-refractivity contribution in [3.63, 3.8) is 0 Å². The molecule has 0 aliphatic heterocycles. The van der Waals surface area contributed by atoms with E-state index in [1.54, 1.807) is 0 Å². The quantitative estimate of drug-likeness (QED) is 0.113. The molecule has 0 aliphatic rings. The van der Waals surface area contributed by atoms with Crippen molar-refractivity contribution in [1.82, 2.24) is 4.90 Å². The lowest BCUT2D eigenvalue weighted by Crippen LogP contribution is -2.27. The van der Waals surface area contributed by atoms with Gasteiger partial charge in [-0.2, -0.15) is 0 Å². The zero-order valence-corrected chi connectivity index (χ0v) is 23.3. The van der Waals surface area contributed by atoms with Crippen LogP contribution in [0.1, 0.15) is 0 Å². The molecule has 0 bridgehead atoms. The van der Waals surface area contributed by atoms with Gasteiger partial charge in [0, 0.05) is 6.54 Å². The number of hydrogen-bond donors (Lipinski definition) is 0. The predicted octanol–water partition coefficient (Wildman–Crippen LogP) is 1.53. The van der Waals surface area contributed by atoms with E-state index in [0.717, 1.165) is 13.2 Å². The number of rotatable bonds is 28.